The minimum atomic E-state index is -1.13. The fraction of sp³-hybridized carbons (Fsp3) is 0.511. The zero-order valence-corrected chi connectivity index (χ0v) is 36.6. The summed E-state index contributed by atoms with van der Waals surface area (Å²) in [5.74, 6) is -1.76. The third kappa shape index (κ3) is 9.40. The summed E-state index contributed by atoms with van der Waals surface area (Å²) in [4.78, 5) is 61.7. The van der Waals surface area contributed by atoms with Crippen molar-refractivity contribution < 1.29 is 38.5 Å². The molecule has 4 heterocycles. The van der Waals surface area contributed by atoms with Gasteiger partial charge < -0.3 is 29.2 Å². The Morgan fingerprint density at radius 1 is 1.08 bits per heavy atom. The number of amides is 3. The minimum Gasteiger partial charge on any atom is -0.508 e. The summed E-state index contributed by atoms with van der Waals surface area (Å²) < 4.78 is 19.7. The Labute approximate surface area is 357 Å². The van der Waals surface area contributed by atoms with E-state index in [2.05, 4.69) is 54.3 Å². The Morgan fingerprint density at radius 2 is 1.85 bits per heavy atom. The van der Waals surface area contributed by atoms with Crippen LogP contribution in [0.15, 0.2) is 54.7 Å². The first-order valence-corrected chi connectivity index (χ1v) is 21.5. The number of fused-ring (bicyclic) bond motifs is 6. The first-order valence-electron chi connectivity index (χ1n) is 21.5. The quantitative estimate of drug-likeness (QED) is 0.155. The number of hydrogen-bond acceptors (Lipinski definition) is 10. The van der Waals surface area contributed by atoms with Crippen LogP contribution < -0.4 is 10.7 Å². The summed E-state index contributed by atoms with van der Waals surface area (Å²) in [5.41, 5.74) is 9.63. The SMILES string of the molecule is CCn1c(-c2cccnc2[C@H](C)OC)c2c3cc(ccc31)-c1cc(O)cc(c1)C[C@H](NC(=O)C(C(C)C)N(C)C(=O)OC1CC1)C(=O)N1CCC[C@H](N1)C(=O)OCC(C)(C)C2. The molecule has 0 radical (unpaired) electrons. The first kappa shape index (κ1) is 43.6. The lowest BCUT2D eigenvalue weighted by molar-refractivity contribution is -0.155. The summed E-state index contributed by atoms with van der Waals surface area (Å²) in [6, 6.07) is 12.6. The van der Waals surface area contributed by atoms with Gasteiger partial charge in [-0.05, 0) is 111 Å². The molecule has 2 aromatic heterocycles. The second-order valence-corrected chi connectivity index (χ2v) is 17.9. The standard InChI is InChI=1S/C47H60N6O8/c1-9-52-39-17-14-30-24-35(39)36(42(52)34-12-10-18-48-40(34)28(4)59-8)25-47(5,6)26-60-45(57)37-13-11-19-53(50-37)44(56)38(22-29-20-31(30)23-32(54)21-29)49-43(55)41(27(2)3)51(7)46(58)61-33-15-16-33/h10,12,14,17-18,20-21,23-24,27-28,33,37-38,41,50,54H,9,11,13,15-16,19,22,25-26H2,1-8H3,(H,49,55)/t28-,37-,38-,41?/m0/s1. The number of rotatable bonds is 9. The van der Waals surface area contributed by atoms with Crippen LogP contribution in [0.2, 0.25) is 0 Å². The molecule has 14 heteroatoms. The summed E-state index contributed by atoms with van der Waals surface area (Å²) >= 11 is 0. The van der Waals surface area contributed by atoms with Crippen molar-refractivity contribution in [2.75, 3.05) is 27.3 Å². The third-order valence-corrected chi connectivity index (χ3v) is 12.1. The molecule has 2 aromatic carbocycles. The number of hydrogen-bond donors (Lipinski definition) is 3. The van der Waals surface area contributed by atoms with Gasteiger partial charge in [-0.3, -0.25) is 29.3 Å². The molecular formula is C47H60N6O8. The maximum atomic E-state index is 14.5. The summed E-state index contributed by atoms with van der Waals surface area (Å²) in [5, 5.41) is 16.6. The number of carbonyl (C=O) groups is 4. The van der Waals surface area contributed by atoms with Gasteiger partial charge in [0, 0.05) is 61.7 Å². The number of hydrazine groups is 1. The van der Waals surface area contributed by atoms with E-state index in [1.807, 2.05) is 39.0 Å². The van der Waals surface area contributed by atoms with E-state index in [9.17, 15) is 24.3 Å². The smallest absolute Gasteiger partial charge is 0.410 e. The van der Waals surface area contributed by atoms with Crippen molar-refractivity contribution in [2.24, 2.45) is 11.3 Å². The number of ether oxygens (including phenoxy) is 3. The highest BCUT2D eigenvalue weighted by molar-refractivity contribution is 5.96. The lowest BCUT2D eigenvalue weighted by atomic mass is 9.84. The van der Waals surface area contributed by atoms with Gasteiger partial charge in [0.1, 0.15) is 30.0 Å². The fourth-order valence-corrected chi connectivity index (χ4v) is 8.77. The van der Waals surface area contributed by atoms with E-state index in [-0.39, 0.29) is 36.9 Å². The molecule has 1 aliphatic carbocycles. The molecule has 3 amide bonds. The highest BCUT2D eigenvalue weighted by atomic mass is 16.6. The van der Waals surface area contributed by atoms with Gasteiger partial charge in [-0.25, -0.2) is 10.2 Å². The van der Waals surface area contributed by atoms with Crippen molar-refractivity contribution in [1.29, 1.82) is 0 Å². The number of methoxy groups -OCH3 is 1. The molecule has 7 rings (SSSR count). The number of pyridine rings is 1. The predicted molar refractivity (Wildman–Crippen MR) is 231 cm³/mol. The second kappa shape index (κ2) is 17.9. The number of aryl methyl sites for hydroxylation is 1. The molecule has 1 saturated heterocycles. The average molecular weight is 837 g/mol. The monoisotopic (exact) mass is 836 g/mol. The Bertz CT molecular complexity index is 2300. The van der Waals surface area contributed by atoms with Crippen LogP contribution in [0.3, 0.4) is 0 Å². The van der Waals surface area contributed by atoms with Gasteiger partial charge in [-0.2, -0.15) is 0 Å². The van der Waals surface area contributed by atoms with E-state index in [0.29, 0.717) is 37.9 Å². The molecule has 3 aliphatic rings. The summed E-state index contributed by atoms with van der Waals surface area (Å²) in [7, 11) is 3.20. The zero-order chi connectivity index (χ0) is 43.7. The Morgan fingerprint density at radius 3 is 2.56 bits per heavy atom. The number of benzene rings is 2. The van der Waals surface area contributed by atoms with E-state index in [4.69, 9.17) is 19.2 Å². The predicted octanol–water partition coefficient (Wildman–Crippen LogP) is 6.71. The zero-order valence-electron chi connectivity index (χ0n) is 36.6. The van der Waals surface area contributed by atoms with Crippen LogP contribution in [-0.4, -0.2) is 100.0 Å². The average Bonchev–Trinajstić information content (AvgIpc) is 4.01. The normalized spacial score (nSPS) is 20.4. The largest absolute Gasteiger partial charge is 0.508 e. The molecule has 326 valence electrons. The van der Waals surface area contributed by atoms with E-state index >= 15 is 0 Å². The first-order chi connectivity index (χ1) is 29.1. The Hall–Kier alpha value is -5.47. The molecule has 1 saturated carbocycles. The van der Waals surface area contributed by atoms with Crippen LogP contribution in [0, 0.1) is 11.3 Å². The van der Waals surface area contributed by atoms with Crippen LogP contribution in [0.1, 0.15) is 90.2 Å². The van der Waals surface area contributed by atoms with E-state index < -0.39 is 47.4 Å². The molecular weight excluding hydrogens is 777 g/mol. The highest BCUT2D eigenvalue weighted by Crippen LogP contribution is 2.42. The molecule has 14 nitrogen and oxygen atoms in total. The van der Waals surface area contributed by atoms with Gasteiger partial charge in [0.2, 0.25) is 5.91 Å². The molecule has 3 N–H and O–H groups in total. The van der Waals surface area contributed by atoms with Gasteiger partial charge in [-0.1, -0.05) is 39.8 Å². The number of esters is 1. The molecule has 4 aromatic rings. The van der Waals surface area contributed by atoms with Crippen molar-refractivity contribution >= 4 is 34.8 Å². The van der Waals surface area contributed by atoms with Gasteiger partial charge in [0.15, 0.2) is 0 Å². The number of cyclic esters (lactones) is 1. The fourth-order valence-electron chi connectivity index (χ4n) is 8.77. The Kier molecular flexibility index (Phi) is 12.8. The number of aromatic hydroxyl groups is 1. The van der Waals surface area contributed by atoms with E-state index in [1.54, 1.807) is 25.4 Å². The number of nitrogens with one attached hydrogen (secondary N) is 2. The highest BCUT2D eigenvalue weighted by Gasteiger charge is 2.39. The number of phenols is 1. The summed E-state index contributed by atoms with van der Waals surface area (Å²) in [6.45, 7) is 13.0. The van der Waals surface area contributed by atoms with Gasteiger partial charge in [-0.15, -0.1) is 0 Å². The maximum Gasteiger partial charge on any atom is 0.410 e. The Balaban J connectivity index is 1.35. The number of aromatic nitrogens is 2. The second-order valence-electron chi connectivity index (χ2n) is 17.9. The van der Waals surface area contributed by atoms with Crippen molar-refractivity contribution in [2.45, 2.75) is 117 Å². The number of likely N-dealkylation sites (N-methyl/N-ethyl adjacent to an activating group) is 1. The van der Waals surface area contributed by atoms with Gasteiger partial charge in [0.05, 0.1) is 24.1 Å². The number of carbonyl (C=O) groups excluding carboxylic acids is 4. The molecule has 0 spiro atoms. The van der Waals surface area contributed by atoms with Crippen LogP contribution in [-0.2, 0) is 48.0 Å². The molecule has 2 fully saturated rings. The van der Waals surface area contributed by atoms with E-state index in [0.717, 1.165) is 57.4 Å². The van der Waals surface area contributed by atoms with Crippen LogP contribution >= 0.6 is 0 Å². The minimum absolute atomic E-state index is 0.00257. The number of nitrogens with zero attached hydrogens (tertiary/aromatic N) is 4. The van der Waals surface area contributed by atoms with Crippen molar-refractivity contribution in [1.82, 2.24) is 30.2 Å². The molecule has 2 aliphatic heterocycles. The van der Waals surface area contributed by atoms with Gasteiger partial charge >= 0.3 is 12.1 Å². The third-order valence-electron chi connectivity index (χ3n) is 12.1. The van der Waals surface area contributed by atoms with Crippen LogP contribution in [0.4, 0.5) is 4.79 Å². The molecule has 61 heavy (non-hydrogen) atoms. The van der Waals surface area contributed by atoms with Crippen LogP contribution in [0.5, 0.6) is 5.75 Å². The summed E-state index contributed by atoms with van der Waals surface area (Å²) in [6.07, 6.45) is 3.89. The molecule has 6 bridgehead atoms. The van der Waals surface area contributed by atoms with Crippen molar-refractivity contribution in [3.8, 4) is 28.1 Å². The molecule has 1 unspecified atom stereocenters. The molecule has 4 atom stereocenters. The van der Waals surface area contributed by atoms with Crippen molar-refractivity contribution in [3.05, 3.63) is 71.5 Å². The lowest BCUT2D eigenvalue weighted by Crippen LogP contribution is -2.62. The van der Waals surface area contributed by atoms with E-state index in [1.165, 1.54) is 17.0 Å². The maximum absolute atomic E-state index is 14.5. The lowest BCUT2D eigenvalue weighted by Gasteiger charge is -2.36. The van der Waals surface area contributed by atoms with Gasteiger partial charge in [0.25, 0.3) is 5.91 Å². The number of phenolic OH excluding ortho intramolecular Hbond substituents is 1. The van der Waals surface area contributed by atoms with Crippen LogP contribution in [0.25, 0.3) is 33.3 Å². The van der Waals surface area contributed by atoms with Crippen molar-refractivity contribution in [3.63, 3.8) is 0 Å². The topological polar surface area (TPSA) is 165 Å².